The number of nitrogens with one attached hydrogen (secondary N) is 3. The Hall–Kier alpha value is -2.12. The SMILES string of the molecule is CNC(=O)CCNc1nc(NC)nc(N(C)C)n1. The molecule has 0 radical (unpaired) electrons. The van der Waals surface area contributed by atoms with Gasteiger partial charge in [-0.05, 0) is 0 Å². The fourth-order valence-electron chi connectivity index (χ4n) is 1.17. The highest BCUT2D eigenvalue weighted by molar-refractivity contribution is 5.75. The Morgan fingerprint density at radius 3 is 2.39 bits per heavy atom. The first kappa shape index (κ1) is 13.9. The van der Waals surface area contributed by atoms with Crippen molar-refractivity contribution in [2.75, 3.05) is 50.3 Å². The molecular weight excluding hydrogens is 234 g/mol. The average Bonchev–Trinajstić information content (AvgIpc) is 2.37. The van der Waals surface area contributed by atoms with Crippen LogP contribution in [0.1, 0.15) is 6.42 Å². The average molecular weight is 253 g/mol. The molecule has 0 atom stereocenters. The van der Waals surface area contributed by atoms with Crippen molar-refractivity contribution >= 4 is 23.8 Å². The Morgan fingerprint density at radius 2 is 1.83 bits per heavy atom. The number of carbonyl (C=O) groups is 1. The minimum atomic E-state index is -0.0294. The van der Waals surface area contributed by atoms with Gasteiger partial charge in [0.15, 0.2) is 0 Å². The Labute approximate surface area is 106 Å². The molecule has 0 unspecified atom stereocenters. The van der Waals surface area contributed by atoms with E-state index < -0.39 is 0 Å². The molecule has 18 heavy (non-hydrogen) atoms. The summed E-state index contributed by atoms with van der Waals surface area (Å²) in [6, 6.07) is 0. The lowest BCUT2D eigenvalue weighted by molar-refractivity contribution is -0.120. The predicted octanol–water partition coefficient (Wildman–Crippen LogP) is -0.473. The second-order valence-electron chi connectivity index (χ2n) is 3.78. The number of aromatic nitrogens is 3. The van der Waals surface area contributed by atoms with E-state index in [0.29, 0.717) is 30.8 Å². The Bertz CT molecular complexity index is 407. The highest BCUT2D eigenvalue weighted by Crippen LogP contribution is 2.10. The van der Waals surface area contributed by atoms with Crippen LogP contribution in [0.4, 0.5) is 17.8 Å². The van der Waals surface area contributed by atoms with Gasteiger partial charge in [-0.2, -0.15) is 15.0 Å². The lowest BCUT2D eigenvalue weighted by Crippen LogP contribution is -2.22. The minimum absolute atomic E-state index is 0.0294. The number of hydrogen-bond acceptors (Lipinski definition) is 7. The lowest BCUT2D eigenvalue weighted by Gasteiger charge is -2.13. The maximum Gasteiger partial charge on any atom is 0.231 e. The zero-order chi connectivity index (χ0) is 13.5. The van der Waals surface area contributed by atoms with Gasteiger partial charge in [-0.1, -0.05) is 0 Å². The fourth-order valence-corrected chi connectivity index (χ4v) is 1.17. The summed E-state index contributed by atoms with van der Waals surface area (Å²) in [5, 5.41) is 8.41. The first-order valence-electron chi connectivity index (χ1n) is 5.62. The van der Waals surface area contributed by atoms with Crippen LogP contribution >= 0.6 is 0 Å². The summed E-state index contributed by atoms with van der Waals surface area (Å²) in [6.07, 6.45) is 0.369. The summed E-state index contributed by atoms with van der Waals surface area (Å²) >= 11 is 0. The molecule has 8 heteroatoms. The van der Waals surface area contributed by atoms with Gasteiger partial charge in [0.1, 0.15) is 0 Å². The zero-order valence-electron chi connectivity index (χ0n) is 11.1. The monoisotopic (exact) mass is 253 g/mol. The van der Waals surface area contributed by atoms with Crippen molar-refractivity contribution < 1.29 is 4.79 Å². The highest BCUT2D eigenvalue weighted by atomic mass is 16.1. The molecule has 1 rings (SSSR count). The molecule has 100 valence electrons. The van der Waals surface area contributed by atoms with E-state index in [9.17, 15) is 4.79 Å². The van der Waals surface area contributed by atoms with E-state index in [1.54, 1.807) is 19.0 Å². The van der Waals surface area contributed by atoms with Gasteiger partial charge in [-0.3, -0.25) is 4.79 Å². The van der Waals surface area contributed by atoms with Gasteiger partial charge in [0, 0.05) is 41.2 Å². The second-order valence-corrected chi connectivity index (χ2v) is 3.78. The molecule has 0 aliphatic rings. The van der Waals surface area contributed by atoms with Crippen LogP contribution in [0.2, 0.25) is 0 Å². The minimum Gasteiger partial charge on any atom is -0.359 e. The van der Waals surface area contributed by atoms with Crippen molar-refractivity contribution in [3.8, 4) is 0 Å². The van der Waals surface area contributed by atoms with E-state index in [-0.39, 0.29) is 5.91 Å². The van der Waals surface area contributed by atoms with E-state index in [1.807, 2.05) is 14.1 Å². The van der Waals surface area contributed by atoms with Crippen LogP contribution in [-0.4, -0.2) is 55.6 Å². The van der Waals surface area contributed by atoms with Crippen LogP contribution in [0, 0.1) is 0 Å². The molecule has 0 spiro atoms. The maximum absolute atomic E-state index is 11.1. The van der Waals surface area contributed by atoms with Gasteiger partial charge in [0.2, 0.25) is 23.8 Å². The van der Waals surface area contributed by atoms with E-state index in [2.05, 4.69) is 30.9 Å². The molecule has 0 aliphatic carbocycles. The van der Waals surface area contributed by atoms with Crippen molar-refractivity contribution in [1.82, 2.24) is 20.3 Å². The first-order valence-corrected chi connectivity index (χ1v) is 5.62. The van der Waals surface area contributed by atoms with Gasteiger partial charge < -0.3 is 20.9 Å². The number of rotatable bonds is 6. The van der Waals surface area contributed by atoms with E-state index in [0.717, 1.165) is 0 Å². The van der Waals surface area contributed by atoms with Crippen LogP contribution in [0.5, 0.6) is 0 Å². The number of carbonyl (C=O) groups excluding carboxylic acids is 1. The largest absolute Gasteiger partial charge is 0.359 e. The molecule has 1 heterocycles. The van der Waals surface area contributed by atoms with Gasteiger partial charge in [0.25, 0.3) is 0 Å². The molecule has 0 aromatic carbocycles. The number of amides is 1. The standard InChI is InChI=1S/C10H19N7O/c1-11-7(18)5-6-13-9-14-8(12-2)15-10(16-9)17(3)4/h5-6H2,1-4H3,(H,11,18)(H2,12,13,14,15,16). The molecule has 0 saturated heterocycles. The smallest absolute Gasteiger partial charge is 0.231 e. The molecule has 0 aliphatic heterocycles. The summed E-state index contributed by atoms with van der Waals surface area (Å²) in [5.74, 6) is 1.45. The highest BCUT2D eigenvalue weighted by Gasteiger charge is 2.07. The van der Waals surface area contributed by atoms with E-state index in [1.165, 1.54) is 0 Å². The number of hydrogen-bond donors (Lipinski definition) is 3. The normalized spacial score (nSPS) is 9.78. The predicted molar refractivity (Wildman–Crippen MR) is 70.9 cm³/mol. The summed E-state index contributed by atoms with van der Waals surface area (Å²) in [5.41, 5.74) is 0. The molecule has 0 saturated carbocycles. The zero-order valence-corrected chi connectivity index (χ0v) is 11.1. The summed E-state index contributed by atoms with van der Waals surface area (Å²) in [4.78, 5) is 25.4. The van der Waals surface area contributed by atoms with Gasteiger partial charge in [-0.25, -0.2) is 0 Å². The van der Waals surface area contributed by atoms with Crippen LogP contribution in [-0.2, 0) is 4.79 Å². The van der Waals surface area contributed by atoms with Gasteiger partial charge in [-0.15, -0.1) is 0 Å². The Kier molecular flexibility index (Phi) is 5.09. The Morgan fingerprint density at radius 1 is 1.17 bits per heavy atom. The number of nitrogens with zero attached hydrogens (tertiary/aromatic N) is 4. The van der Waals surface area contributed by atoms with Crippen LogP contribution in [0.25, 0.3) is 0 Å². The van der Waals surface area contributed by atoms with Crippen LogP contribution in [0.3, 0.4) is 0 Å². The molecule has 8 nitrogen and oxygen atoms in total. The van der Waals surface area contributed by atoms with Crippen LogP contribution in [0.15, 0.2) is 0 Å². The fraction of sp³-hybridized carbons (Fsp3) is 0.600. The second kappa shape index (κ2) is 6.58. The molecule has 3 N–H and O–H groups in total. The van der Waals surface area contributed by atoms with Gasteiger partial charge >= 0.3 is 0 Å². The van der Waals surface area contributed by atoms with E-state index in [4.69, 9.17) is 0 Å². The van der Waals surface area contributed by atoms with Crippen molar-refractivity contribution in [3.63, 3.8) is 0 Å². The van der Waals surface area contributed by atoms with Crippen molar-refractivity contribution in [1.29, 1.82) is 0 Å². The van der Waals surface area contributed by atoms with Crippen molar-refractivity contribution in [2.45, 2.75) is 6.42 Å². The number of anilines is 3. The van der Waals surface area contributed by atoms with Gasteiger partial charge in [0.05, 0.1) is 0 Å². The third-order valence-corrected chi connectivity index (χ3v) is 2.16. The lowest BCUT2D eigenvalue weighted by atomic mass is 10.4. The molecule has 1 amide bonds. The summed E-state index contributed by atoms with van der Waals surface area (Å²) in [7, 11) is 7.05. The van der Waals surface area contributed by atoms with Crippen molar-refractivity contribution in [2.24, 2.45) is 0 Å². The topological polar surface area (TPSA) is 95.1 Å². The third kappa shape index (κ3) is 4.04. The molecule has 0 fully saturated rings. The molecular formula is C10H19N7O. The molecule has 0 bridgehead atoms. The first-order chi connectivity index (χ1) is 8.56. The molecule has 1 aromatic rings. The third-order valence-electron chi connectivity index (χ3n) is 2.16. The quantitative estimate of drug-likeness (QED) is 0.630. The maximum atomic E-state index is 11.1. The summed E-state index contributed by atoms with van der Waals surface area (Å²) < 4.78 is 0. The van der Waals surface area contributed by atoms with Crippen LogP contribution < -0.4 is 20.9 Å². The Balaban J connectivity index is 2.69. The molecule has 1 aromatic heterocycles. The van der Waals surface area contributed by atoms with E-state index >= 15 is 0 Å². The summed E-state index contributed by atoms with van der Waals surface area (Å²) in [6.45, 7) is 0.472. The van der Waals surface area contributed by atoms with Crippen molar-refractivity contribution in [3.05, 3.63) is 0 Å².